The summed E-state index contributed by atoms with van der Waals surface area (Å²) in [6.45, 7) is 3.88. The summed E-state index contributed by atoms with van der Waals surface area (Å²) in [7, 11) is 0. The van der Waals surface area contributed by atoms with Gasteiger partial charge in [-0.2, -0.15) is 10.4 Å². The highest BCUT2D eigenvalue weighted by Gasteiger charge is 2.10. The second-order valence-electron chi connectivity index (χ2n) is 4.43. The zero-order valence-corrected chi connectivity index (χ0v) is 11.1. The van der Waals surface area contributed by atoms with Crippen LogP contribution in [-0.2, 0) is 17.8 Å². The number of benzene rings is 1. The van der Waals surface area contributed by atoms with Gasteiger partial charge in [0.1, 0.15) is 0 Å². The second-order valence-corrected chi connectivity index (χ2v) is 4.43. The molecule has 4 heteroatoms. The molecule has 0 aliphatic rings. The number of rotatable bonds is 4. The summed E-state index contributed by atoms with van der Waals surface area (Å²) < 4.78 is 1.73. The molecule has 1 heterocycles. The van der Waals surface area contributed by atoms with Crippen molar-refractivity contribution >= 4 is 5.78 Å². The van der Waals surface area contributed by atoms with Crippen LogP contribution in [0.4, 0.5) is 0 Å². The van der Waals surface area contributed by atoms with E-state index in [4.69, 9.17) is 5.26 Å². The molecular weight excluding hydrogens is 238 g/mol. The Morgan fingerprint density at radius 2 is 2.21 bits per heavy atom. The minimum atomic E-state index is 0.0788. The molecule has 0 aliphatic heterocycles. The lowest BCUT2D eigenvalue weighted by Crippen LogP contribution is -2.10. The minimum Gasteiger partial charge on any atom is -0.298 e. The van der Waals surface area contributed by atoms with Gasteiger partial charge in [0.25, 0.3) is 0 Å². The molecule has 0 amide bonds. The molecule has 19 heavy (non-hydrogen) atoms. The summed E-state index contributed by atoms with van der Waals surface area (Å²) in [6.07, 6.45) is 0.818. The van der Waals surface area contributed by atoms with Crippen molar-refractivity contribution in [1.29, 1.82) is 5.26 Å². The topological polar surface area (TPSA) is 58.7 Å². The van der Waals surface area contributed by atoms with Crippen LogP contribution in [0.5, 0.6) is 0 Å². The number of Topliss-reactive ketones (excluding diaryl/α,β-unsaturated/α-hetero) is 1. The van der Waals surface area contributed by atoms with Crippen LogP contribution in [0.15, 0.2) is 30.3 Å². The first-order valence-electron chi connectivity index (χ1n) is 6.20. The van der Waals surface area contributed by atoms with E-state index in [-0.39, 0.29) is 5.78 Å². The monoisotopic (exact) mass is 253 g/mol. The zero-order chi connectivity index (χ0) is 13.8. The largest absolute Gasteiger partial charge is 0.298 e. The molecule has 2 aromatic rings. The Kier molecular flexibility index (Phi) is 3.76. The molecular formula is C15H15N3O. The van der Waals surface area contributed by atoms with E-state index in [1.165, 1.54) is 0 Å². The van der Waals surface area contributed by atoms with Gasteiger partial charge in [-0.1, -0.05) is 19.1 Å². The highest BCUT2D eigenvalue weighted by molar-refractivity contribution is 5.75. The predicted octanol–water partition coefficient (Wildman–Crippen LogP) is 2.57. The van der Waals surface area contributed by atoms with Crippen LogP contribution in [-0.4, -0.2) is 15.6 Å². The van der Waals surface area contributed by atoms with Crippen molar-refractivity contribution in [2.24, 2.45) is 0 Å². The number of aromatic nitrogens is 2. The Labute approximate surface area is 112 Å². The van der Waals surface area contributed by atoms with Crippen LogP contribution < -0.4 is 0 Å². The summed E-state index contributed by atoms with van der Waals surface area (Å²) in [6, 6.07) is 11.4. The van der Waals surface area contributed by atoms with Crippen LogP contribution in [0.2, 0.25) is 0 Å². The number of aryl methyl sites for hydroxylation is 1. The number of nitriles is 1. The molecule has 2 rings (SSSR count). The Morgan fingerprint density at radius 3 is 2.84 bits per heavy atom. The number of ketones is 1. The molecule has 0 radical (unpaired) electrons. The van der Waals surface area contributed by atoms with Gasteiger partial charge in [0.15, 0.2) is 5.78 Å². The Balaban J connectivity index is 2.42. The number of hydrogen-bond acceptors (Lipinski definition) is 3. The maximum Gasteiger partial charge on any atom is 0.151 e. The van der Waals surface area contributed by atoms with Crippen molar-refractivity contribution in [3.05, 3.63) is 41.6 Å². The summed E-state index contributed by atoms with van der Waals surface area (Å²) in [4.78, 5) is 11.2. The number of nitrogens with zero attached hydrogens (tertiary/aromatic N) is 3. The fourth-order valence-corrected chi connectivity index (χ4v) is 1.98. The van der Waals surface area contributed by atoms with Crippen LogP contribution in [0.1, 0.15) is 25.1 Å². The fourth-order valence-electron chi connectivity index (χ4n) is 1.98. The first-order chi connectivity index (χ1) is 9.13. The van der Waals surface area contributed by atoms with E-state index in [1.54, 1.807) is 23.7 Å². The summed E-state index contributed by atoms with van der Waals surface area (Å²) in [5, 5.41) is 13.4. The van der Waals surface area contributed by atoms with Crippen LogP contribution in [0, 0.1) is 11.3 Å². The zero-order valence-electron chi connectivity index (χ0n) is 11.1. The molecule has 0 unspecified atom stereocenters. The third-order valence-electron chi connectivity index (χ3n) is 2.89. The van der Waals surface area contributed by atoms with Crippen molar-refractivity contribution < 1.29 is 4.79 Å². The molecule has 1 aromatic heterocycles. The van der Waals surface area contributed by atoms with Gasteiger partial charge < -0.3 is 0 Å². The molecule has 0 atom stereocenters. The fraction of sp³-hybridized carbons (Fsp3) is 0.267. The van der Waals surface area contributed by atoms with Crippen LogP contribution in [0.3, 0.4) is 0 Å². The molecule has 0 N–H and O–H groups in total. The summed E-state index contributed by atoms with van der Waals surface area (Å²) >= 11 is 0. The maximum atomic E-state index is 11.2. The first kappa shape index (κ1) is 13.0. The van der Waals surface area contributed by atoms with Crippen molar-refractivity contribution in [3.63, 3.8) is 0 Å². The van der Waals surface area contributed by atoms with Crippen molar-refractivity contribution in [2.75, 3.05) is 0 Å². The van der Waals surface area contributed by atoms with Crippen LogP contribution >= 0.6 is 0 Å². The van der Waals surface area contributed by atoms with E-state index in [0.717, 1.165) is 23.4 Å². The average molecular weight is 253 g/mol. The number of hydrogen-bond donors (Lipinski definition) is 0. The van der Waals surface area contributed by atoms with E-state index in [2.05, 4.69) is 11.2 Å². The first-order valence-corrected chi connectivity index (χ1v) is 6.20. The van der Waals surface area contributed by atoms with Gasteiger partial charge in [-0.3, -0.25) is 9.48 Å². The minimum absolute atomic E-state index is 0.0788. The van der Waals surface area contributed by atoms with Gasteiger partial charge in [0, 0.05) is 11.3 Å². The molecule has 4 nitrogen and oxygen atoms in total. The van der Waals surface area contributed by atoms with Gasteiger partial charge in [-0.25, -0.2) is 0 Å². The quantitative estimate of drug-likeness (QED) is 0.841. The molecule has 96 valence electrons. The maximum absolute atomic E-state index is 11.2. The van der Waals surface area contributed by atoms with Gasteiger partial charge >= 0.3 is 0 Å². The highest BCUT2D eigenvalue weighted by atomic mass is 16.1. The molecule has 0 saturated heterocycles. The normalized spacial score (nSPS) is 10.2. The summed E-state index contributed by atoms with van der Waals surface area (Å²) in [5.41, 5.74) is 3.33. The smallest absolute Gasteiger partial charge is 0.151 e. The van der Waals surface area contributed by atoms with Gasteiger partial charge in [0.05, 0.1) is 23.9 Å². The van der Waals surface area contributed by atoms with Crippen molar-refractivity contribution in [2.45, 2.75) is 26.8 Å². The van der Waals surface area contributed by atoms with E-state index >= 15 is 0 Å². The lowest BCUT2D eigenvalue weighted by Gasteiger charge is -2.01. The van der Waals surface area contributed by atoms with Crippen molar-refractivity contribution in [3.8, 4) is 17.3 Å². The van der Waals surface area contributed by atoms with E-state index < -0.39 is 0 Å². The lowest BCUT2D eigenvalue weighted by molar-refractivity contribution is -0.117. The molecule has 0 bridgehead atoms. The Morgan fingerprint density at radius 1 is 1.42 bits per heavy atom. The average Bonchev–Trinajstić information content (AvgIpc) is 2.81. The highest BCUT2D eigenvalue weighted by Crippen LogP contribution is 2.20. The number of carbonyl (C=O) groups excluding carboxylic acids is 1. The van der Waals surface area contributed by atoms with E-state index in [9.17, 15) is 4.79 Å². The third kappa shape index (κ3) is 2.89. The molecule has 0 saturated carbocycles. The Bertz CT molecular complexity index is 650. The van der Waals surface area contributed by atoms with Gasteiger partial charge in [0.2, 0.25) is 0 Å². The van der Waals surface area contributed by atoms with E-state index in [0.29, 0.717) is 12.1 Å². The molecule has 0 fully saturated rings. The standard InChI is InChI=1S/C15H15N3O/c1-3-14-8-15(17-18(14)10-11(2)19)13-6-4-5-12(7-13)9-16/h4-8H,3,10H2,1-2H3. The van der Waals surface area contributed by atoms with E-state index in [1.807, 2.05) is 25.1 Å². The van der Waals surface area contributed by atoms with Crippen molar-refractivity contribution in [1.82, 2.24) is 9.78 Å². The molecule has 0 aliphatic carbocycles. The lowest BCUT2D eigenvalue weighted by atomic mass is 10.1. The van der Waals surface area contributed by atoms with Gasteiger partial charge in [-0.05, 0) is 31.5 Å². The number of carbonyl (C=O) groups is 1. The summed E-state index contributed by atoms with van der Waals surface area (Å²) in [5.74, 6) is 0.0788. The molecule has 0 spiro atoms. The predicted molar refractivity (Wildman–Crippen MR) is 72.4 cm³/mol. The Hall–Kier alpha value is -2.41. The second kappa shape index (κ2) is 5.49. The van der Waals surface area contributed by atoms with Gasteiger partial charge in [-0.15, -0.1) is 0 Å². The third-order valence-corrected chi connectivity index (χ3v) is 2.89. The SMILES string of the molecule is CCc1cc(-c2cccc(C#N)c2)nn1CC(C)=O. The van der Waals surface area contributed by atoms with Crippen LogP contribution in [0.25, 0.3) is 11.3 Å². The molecule has 1 aromatic carbocycles.